The minimum atomic E-state index is -0.563. The second-order valence-corrected chi connectivity index (χ2v) is 8.51. The van der Waals surface area contributed by atoms with Crippen molar-refractivity contribution in [3.05, 3.63) is 20.8 Å². The van der Waals surface area contributed by atoms with E-state index in [1.807, 2.05) is 13.8 Å². The number of thioether (sulfide) groups is 1. The zero-order valence-corrected chi connectivity index (χ0v) is 17.3. The summed E-state index contributed by atoms with van der Waals surface area (Å²) in [7, 11) is 1.44. The van der Waals surface area contributed by atoms with Crippen LogP contribution < -0.4 is 16.2 Å². The molecule has 2 N–H and O–H groups in total. The molecular weight excluding hydrogens is 372 g/mol. The van der Waals surface area contributed by atoms with Gasteiger partial charge in [0, 0.05) is 18.5 Å². The Morgan fingerprint density at radius 3 is 2.65 bits per heavy atom. The molecule has 0 saturated heterocycles. The van der Waals surface area contributed by atoms with E-state index in [4.69, 9.17) is 0 Å². The highest BCUT2D eigenvalue weighted by Gasteiger charge is 2.22. The Morgan fingerprint density at radius 1 is 1.35 bits per heavy atom. The number of carbonyl (C=O) groups is 2. The number of hydrogen-bond donors (Lipinski definition) is 2. The summed E-state index contributed by atoms with van der Waals surface area (Å²) in [5, 5.41) is 5.21. The third-order valence-corrected chi connectivity index (χ3v) is 6.30. The number of aryl methyl sites for hydroxylation is 2. The number of aromatic nitrogens is 2. The van der Waals surface area contributed by atoms with Crippen LogP contribution in [0.1, 0.15) is 37.1 Å². The van der Waals surface area contributed by atoms with Crippen LogP contribution in [0, 0.1) is 13.8 Å². The fourth-order valence-corrected chi connectivity index (χ4v) is 4.40. The van der Waals surface area contributed by atoms with Gasteiger partial charge in [-0.1, -0.05) is 25.1 Å². The molecule has 0 bridgehead atoms. The predicted molar refractivity (Wildman–Crippen MR) is 106 cm³/mol. The van der Waals surface area contributed by atoms with E-state index in [2.05, 4.69) is 22.5 Å². The molecule has 0 saturated carbocycles. The first kappa shape index (κ1) is 20.4. The number of carbonyl (C=O) groups excluding carboxylic acids is 2. The second-order valence-electron chi connectivity index (χ2n) is 6.00. The van der Waals surface area contributed by atoms with Crippen molar-refractivity contribution in [2.24, 2.45) is 0 Å². The topological polar surface area (TPSA) is 93.1 Å². The van der Waals surface area contributed by atoms with E-state index >= 15 is 0 Å². The number of rotatable bonds is 6. The smallest absolute Gasteiger partial charge is 0.321 e. The van der Waals surface area contributed by atoms with Gasteiger partial charge in [0.25, 0.3) is 5.56 Å². The Kier molecular flexibility index (Phi) is 6.82. The van der Waals surface area contributed by atoms with Crippen LogP contribution in [0.15, 0.2) is 9.95 Å². The Morgan fingerprint density at radius 2 is 2.04 bits per heavy atom. The molecule has 1 atom stereocenters. The normalized spacial score (nSPS) is 12.2. The average Bonchev–Trinajstić information content (AvgIpc) is 2.88. The van der Waals surface area contributed by atoms with Crippen molar-refractivity contribution in [3.8, 4) is 0 Å². The van der Waals surface area contributed by atoms with E-state index in [1.54, 1.807) is 11.5 Å². The highest BCUT2D eigenvalue weighted by molar-refractivity contribution is 8.00. The van der Waals surface area contributed by atoms with Crippen LogP contribution in [0.5, 0.6) is 0 Å². The van der Waals surface area contributed by atoms with E-state index in [0.29, 0.717) is 21.9 Å². The quantitative estimate of drug-likeness (QED) is 0.578. The molecule has 2 heterocycles. The zero-order chi connectivity index (χ0) is 19.4. The molecule has 0 aliphatic rings. The molecule has 1 unspecified atom stereocenters. The van der Waals surface area contributed by atoms with Gasteiger partial charge in [0.2, 0.25) is 5.91 Å². The Bertz CT molecular complexity index is 888. The SMILES string of the molecule is CCCCn1c(SC(C)C(=O)NC(=O)NC)nc2sc(C)c(C)c2c1=O. The maximum absolute atomic E-state index is 13.0. The van der Waals surface area contributed by atoms with Crippen LogP contribution in [0.25, 0.3) is 10.2 Å². The molecule has 2 aromatic rings. The van der Waals surface area contributed by atoms with Gasteiger partial charge in [0.15, 0.2) is 5.16 Å². The first-order valence-electron chi connectivity index (χ1n) is 8.49. The fraction of sp³-hybridized carbons (Fsp3) is 0.529. The first-order chi connectivity index (χ1) is 12.3. The van der Waals surface area contributed by atoms with Crippen LogP contribution in [-0.4, -0.2) is 33.8 Å². The number of nitrogens with zero attached hydrogens (tertiary/aromatic N) is 2. The lowest BCUT2D eigenvalue weighted by Gasteiger charge is -2.15. The van der Waals surface area contributed by atoms with Crippen LogP contribution in [0.4, 0.5) is 4.79 Å². The van der Waals surface area contributed by atoms with Crippen molar-refractivity contribution in [1.29, 1.82) is 0 Å². The van der Waals surface area contributed by atoms with Crippen molar-refractivity contribution < 1.29 is 9.59 Å². The Labute approximate surface area is 160 Å². The predicted octanol–water partition coefficient (Wildman–Crippen LogP) is 2.81. The van der Waals surface area contributed by atoms with E-state index in [-0.39, 0.29) is 5.56 Å². The highest BCUT2D eigenvalue weighted by atomic mass is 32.2. The molecular formula is C17H24N4O3S2. The summed E-state index contributed by atoms with van der Waals surface area (Å²) in [5.74, 6) is -0.427. The van der Waals surface area contributed by atoms with Crippen molar-refractivity contribution in [2.45, 2.75) is 57.5 Å². The molecule has 0 aromatic carbocycles. The number of urea groups is 1. The molecule has 0 radical (unpaired) electrons. The van der Waals surface area contributed by atoms with E-state index in [0.717, 1.165) is 23.3 Å². The third-order valence-electron chi connectivity index (χ3n) is 4.10. The van der Waals surface area contributed by atoms with Gasteiger partial charge in [-0.3, -0.25) is 19.5 Å². The van der Waals surface area contributed by atoms with Gasteiger partial charge >= 0.3 is 6.03 Å². The van der Waals surface area contributed by atoms with Crippen molar-refractivity contribution in [3.63, 3.8) is 0 Å². The van der Waals surface area contributed by atoms with Gasteiger partial charge < -0.3 is 5.32 Å². The van der Waals surface area contributed by atoms with Gasteiger partial charge in [0.05, 0.1) is 10.6 Å². The number of thiophene rings is 1. The molecule has 0 fully saturated rings. The number of hydrogen-bond acceptors (Lipinski definition) is 6. The summed E-state index contributed by atoms with van der Waals surface area (Å²) < 4.78 is 1.65. The number of imide groups is 1. The summed E-state index contributed by atoms with van der Waals surface area (Å²) in [6, 6.07) is -0.557. The van der Waals surface area contributed by atoms with E-state index < -0.39 is 17.2 Å². The van der Waals surface area contributed by atoms with Gasteiger partial charge in [-0.2, -0.15) is 0 Å². The highest BCUT2D eigenvalue weighted by Crippen LogP contribution is 2.29. The van der Waals surface area contributed by atoms with E-state index in [9.17, 15) is 14.4 Å². The molecule has 3 amide bonds. The van der Waals surface area contributed by atoms with Gasteiger partial charge in [-0.15, -0.1) is 11.3 Å². The van der Waals surface area contributed by atoms with Crippen molar-refractivity contribution >= 4 is 45.3 Å². The summed E-state index contributed by atoms with van der Waals surface area (Å²) in [4.78, 5) is 42.9. The molecule has 9 heteroatoms. The Hall–Kier alpha value is -1.87. The standard InChI is InChI=1S/C17H24N4O3S2/c1-6-7-8-21-15(23)12-9(2)10(3)25-14(12)20-17(21)26-11(4)13(22)19-16(24)18-5/h11H,6-8H2,1-5H3,(H2,18,19,22,24). The lowest BCUT2D eigenvalue weighted by Crippen LogP contribution is -2.41. The minimum Gasteiger partial charge on any atom is -0.341 e. The summed E-state index contributed by atoms with van der Waals surface area (Å²) in [6.07, 6.45) is 1.80. The second kappa shape index (κ2) is 8.68. The lowest BCUT2D eigenvalue weighted by atomic mass is 10.2. The van der Waals surface area contributed by atoms with Crippen LogP contribution in [0.2, 0.25) is 0 Å². The van der Waals surface area contributed by atoms with Crippen molar-refractivity contribution in [1.82, 2.24) is 20.2 Å². The molecule has 7 nitrogen and oxygen atoms in total. The summed E-state index contributed by atoms with van der Waals surface area (Å²) in [6.45, 7) is 8.22. The molecule has 0 aliphatic carbocycles. The lowest BCUT2D eigenvalue weighted by molar-refractivity contribution is -0.119. The number of nitrogens with one attached hydrogen (secondary N) is 2. The molecule has 26 heavy (non-hydrogen) atoms. The van der Waals surface area contributed by atoms with Crippen LogP contribution in [-0.2, 0) is 11.3 Å². The molecule has 2 rings (SSSR count). The summed E-state index contributed by atoms with van der Waals surface area (Å²) in [5.41, 5.74) is 0.904. The molecule has 2 aromatic heterocycles. The van der Waals surface area contributed by atoms with Crippen molar-refractivity contribution in [2.75, 3.05) is 7.05 Å². The minimum absolute atomic E-state index is 0.0632. The first-order valence-corrected chi connectivity index (χ1v) is 10.2. The van der Waals surface area contributed by atoms with E-state index in [1.165, 1.54) is 30.1 Å². The zero-order valence-electron chi connectivity index (χ0n) is 15.6. The maximum Gasteiger partial charge on any atom is 0.321 e. The number of amides is 3. The molecule has 0 aliphatic heterocycles. The number of unbranched alkanes of at least 4 members (excludes halogenated alkanes) is 1. The third kappa shape index (κ3) is 4.27. The van der Waals surface area contributed by atoms with Crippen LogP contribution in [0.3, 0.4) is 0 Å². The molecule has 0 spiro atoms. The Balaban J connectivity index is 2.42. The van der Waals surface area contributed by atoms with Gasteiger partial charge in [-0.05, 0) is 32.8 Å². The monoisotopic (exact) mass is 396 g/mol. The van der Waals surface area contributed by atoms with Gasteiger partial charge in [0.1, 0.15) is 4.83 Å². The fourth-order valence-electron chi connectivity index (χ4n) is 2.40. The summed E-state index contributed by atoms with van der Waals surface area (Å²) >= 11 is 2.68. The van der Waals surface area contributed by atoms with Crippen LogP contribution >= 0.6 is 23.1 Å². The average molecular weight is 397 g/mol. The number of fused-ring (bicyclic) bond motifs is 1. The van der Waals surface area contributed by atoms with Gasteiger partial charge in [-0.25, -0.2) is 9.78 Å². The largest absolute Gasteiger partial charge is 0.341 e. The maximum atomic E-state index is 13.0. The molecule has 142 valence electrons.